The van der Waals surface area contributed by atoms with Crippen molar-refractivity contribution in [2.24, 2.45) is 5.16 Å². The fourth-order valence-electron chi connectivity index (χ4n) is 0.454. The Bertz CT molecular complexity index is 88.9. The van der Waals surface area contributed by atoms with Crippen molar-refractivity contribution in [2.75, 3.05) is 7.11 Å². The SMILES string of the molecule is [CH]=CCCC/C=N\OC. The number of nitrogens with zero attached hydrogens (tertiary/aromatic N) is 1. The first-order valence-corrected chi connectivity index (χ1v) is 3.00. The zero-order valence-corrected chi connectivity index (χ0v) is 5.71. The monoisotopic (exact) mass is 126 g/mol. The molecule has 0 aromatic heterocycles. The lowest BCUT2D eigenvalue weighted by Gasteiger charge is -1.87. The number of unbranched alkanes of at least 4 members (excludes halogenated alkanes) is 2. The highest BCUT2D eigenvalue weighted by molar-refractivity contribution is 5.56. The standard InChI is InChI=1S/C7H12NO/c1-3-4-5-6-7-8-9-2/h1,3,7H,4-6H2,2H3/b3-1?,8-7-. The molecular weight excluding hydrogens is 114 g/mol. The Balaban J connectivity index is 2.90. The molecule has 0 saturated heterocycles. The van der Waals surface area contributed by atoms with E-state index in [1.807, 2.05) is 0 Å². The van der Waals surface area contributed by atoms with E-state index >= 15 is 0 Å². The first-order chi connectivity index (χ1) is 4.41. The largest absolute Gasteiger partial charge is 0.399 e. The molecule has 2 nitrogen and oxygen atoms in total. The van der Waals surface area contributed by atoms with Gasteiger partial charge in [-0.05, 0) is 19.3 Å². The molecule has 0 aliphatic rings. The molecule has 0 heterocycles. The third-order valence-corrected chi connectivity index (χ3v) is 0.884. The fourth-order valence-corrected chi connectivity index (χ4v) is 0.454. The minimum absolute atomic E-state index is 0.932. The van der Waals surface area contributed by atoms with Crippen molar-refractivity contribution in [1.82, 2.24) is 0 Å². The van der Waals surface area contributed by atoms with E-state index in [0.717, 1.165) is 19.3 Å². The molecular formula is C7H12NO. The van der Waals surface area contributed by atoms with Gasteiger partial charge in [0, 0.05) is 6.21 Å². The Hall–Kier alpha value is -0.790. The Kier molecular flexibility index (Phi) is 6.58. The van der Waals surface area contributed by atoms with Gasteiger partial charge in [0.2, 0.25) is 0 Å². The second-order valence-corrected chi connectivity index (χ2v) is 1.64. The molecule has 0 aliphatic carbocycles. The topological polar surface area (TPSA) is 21.6 Å². The molecule has 0 rings (SSSR count). The van der Waals surface area contributed by atoms with E-state index in [0.29, 0.717) is 0 Å². The van der Waals surface area contributed by atoms with Crippen LogP contribution in [-0.2, 0) is 4.84 Å². The molecule has 0 aromatic carbocycles. The van der Waals surface area contributed by atoms with Crippen LogP contribution in [0.4, 0.5) is 0 Å². The summed E-state index contributed by atoms with van der Waals surface area (Å²) < 4.78 is 0. The first-order valence-electron chi connectivity index (χ1n) is 3.00. The molecule has 0 amide bonds. The lowest BCUT2D eigenvalue weighted by molar-refractivity contribution is 0.214. The van der Waals surface area contributed by atoms with Gasteiger partial charge in [-0.25, -0.2) is 0 Å². The summed E-state index contributed by atoms with van der Waals surface area (Å²) in [6, 6.07) is 0. The van der Waals surface area contributed by atoms with Crippen molar-refractivity contribution < 1.29 is 4.84 Å². The van der Waals surface area contributed by atoms with E-state index in [2.05, 4.69) is 9.99 Å². The van der Waals surface area contributed by atoms with Crippen molar-refractivity contribution >= 4 is 6.21 Å². The summed E-state index contributed by atoms with van der Waals surface area (Å²) in [4.78, 5) is 4.45. The van der Waals surface area contributed by atoms with Gasteiger partial charge in [-0.1, -0.05) is 17.8 Å². The van der Waals surface area contributed by atoms with Crippen LogP contribution in [-0.4, -0.2) is 13.3 Å². The molecule has 0 aromatic rings. The van der Waals surface area contributed by atoms with Crippen molar-refractivity contribution in [2.45, 2.75) is 19.3 Å². The first kappa shape index (κ1) is 8.21. The number of oxime groups is 1. The second kappa shape index (κ2) is 7.21. The normalized spacial score (nSPS) is 9.89. The van der Waals surface area contributed by atoms with Gasteiger partial charge in [0.25, 0.3) is 0 Å². The van der Waals surface area contributed by atoms with Gasteiger partial charge in [-0.15, -0.1) is 0 Å². The molecule has 9 heavy (non-hydrogen) atoms. The Morgan fingerprint density at radius 3 is 2.89 bits per heavy atom. The van der Waals surface area contributed by atoms with Gasteiger partial charge >= 0.3 is 0 Å². The molecule has 0 spiro atoms. The minimum Gasteiger partial charge on any atom is -0.399 e. The Labute approximate surface area is 56.2 Å². The molecule has 2 heteroatoms. The van der Waals surface area contributed by atoms with Gasteiger partial charge in [0.15, 0.2) is 0 Å². The fraction of sp³-hybridized carbons (Fsp3) is 0.571. The van der Waals surface area contributed by atoms with Crippen LogP contribution in [0.3, 0.4) is 0 Å². The van der Waals surface area contributed by atoms with E-state index in [-0.39, 0.29) is 0 Å². The van der Waals surface area contributed by atoms with Crippen LogP contribution >= 0.6 is 0 Å². The molecule has 1 radical (unpaired) electrons. The summed E-state index contributed by atoms with van der Waals surface area (Å²) in [5.41, 5.74) is 0. The van der Waals surface area contributed by atoms with Crippen molar-refractivity contribution in [3.8, 4) is 0 Å². The molecule has 0 bridgehead atoms. The van der Waals surface area contributed by atoms with Crippen LogP contribution in [0.2, 0.25) is 0 Å². The maximum atomic E-state index is 5.14. The molecule has 0 atom stereocenters. The molecule has 0 saturated carbocycles. The number of hydrogen-bond donors (Lipinski definition) is 0. The van der Waals surface area contributed by atoms with Gasteiger partial charge < -0.3 is 4.84 Å². The van der Waals surface area contributed by atoms with Gasteiger partial charge in [-0.3, -0.25) is 0 Å². The highest BCUT2D eigenvalue weighted by Gasteiger charge is 1.78. The van der Waals surface area contributed by atoms with Crippen LogP contribution in [0.5, 0.6) is 0 Å². The van der Waals surface area contributed by atoms with E-state index in [1.54, 1.807) is 12.3 Å². The van der Waals surface area contributed by atoms with Gasteiger partial charge in [-0.2, -0.15) is 0 Å². The van der Waals surface area contributed by atoms with Crippen LogP contribution < -0.4 is 0 Å². The van der Waals surface area contributed by atoms with E-state index in [4.69, 9.17) is 6.58 Å². The predicted molar refractivity (Wildman–Crippen MR) is 38.2 cm³/mol. The van der Waals surface area contributed by atoms with Crippen LogP contribution in [0.15, 0.2) is 11.2 Å². The number of allylic oxidation sites excluding steroid dienone is 1. The van der Waals surface area contributed by atoms with Crippen molar-refractivity contribution in [1.29, 1.82) is 0 Å². The summed E-state index contributed by atoms with van der Waals surface area (Å²) >= 11 is 0. The molecule has 0 unspecified atom stereocenters. The zero-order valence-electron chi connectivity index (χ0n) is 5.71. The van der Waals surface area contributed by atoms with E-state index in [1.165, 1.54) is 7.11 Å². The van der Waals surface area contributed by atoms with E-state index < -0.39 is 0 Å². The van der Waals surface area contributed by atoms with Crippen LogP contribution in [0.1, 0.15) is 19.3 Å². The molecule has 0 fully saturated rings. The van der Waals surface area contributed by atoms with E-state index in [9.17, 15) is 0 Å². The molecule has 0 N–H and O–H groups in total. The number of hydrogen-bond acceptors (Lipinski definition) is 2. The summed E-state index contributed by atoms with van der Waals surface area (Å²) in [7, 11) is 1.53. The highest BCUT2D eigenvalue weighted by Crippen LogP contribution is 1.91. The Morgan fingerprint density at radius 2 is 2.33 bits per heavy atom. The highest BCUT2D eigenvalue weighted by atomic mass is 16.6. The van der Waals surface area contributed by atoms with Crippen LogP contribution in [0.25, 0.3) is 0 Å². The lowest BCUT2D eigenvalue weighted by Crippen LogP contribution is -1.76. The quantitative estimate of drug-likeness (QED) is 0.312. The Morgan fingerprint density at radius 1 is 1.56 bits per heavy atom. The maximum absolute atomic E-state index is 5.14. The average molecular weight is 126 g/mol. The summed E-state index contributed by atoms with van der Waals surface area (Å²) in [6.45, 7) is 5.14. The summed E-state index contributed by atoms with van der Waals surface area (Å²) in [5, 5.41) is 3.56. The predicted octanol–water partition coefficient (Wildman–Crippen LogP) is 1.78. The van der Waals surface area contributed by atoms with Crippen molar-refractivity contribution in [3.63, 3.8) is 0 Å². The molecule has 51 valence electrons. The second-order valence-electron chi connectivity index (χ2n) is 1.64. The van der Waals surface area contributed by atoms with Crippen molar-refractivity contribution in [3.05, 3.63) is 12.7 Å². The van der Waals surface area contributed by atoms with Crippen LogP contribution in [0, 0.1) is 6.58 Å². The zero-order chi connectivity index (χ0) is 6.95. The minimum atomic E-state index is 0.932. The third-order valence-electron chi connectivity index (χ3n) is 0.884. The average Bonchev–Trinajstić information content (AvgIpc) is 1.89. The van der Waals surface area contributed by atoms with Gasteiger partial charge in [0.05, 0.1) is 0 Å². The smallest absolute Gasteiger partial charge is 0.106 e. The number of rotatable bonds is 5. The van der Waals surface area contributed by atoms with Gasteiger partial charge in [0.1, 0.15) is 7.11 Å². The maximum Gasteiger partial charge on any atom is 0.106 e. The lowest BCUT2D eigenvalue weighted by atomic mass is 10.2. The third kappa shape index (κ3) is 7.21. The summed E-state index contributed by atoms with van der Waals surface area (Å²) in [5.74, 6) is 0. The molecule has 0 aliphatic heterocycles. The summed E-state index contributed by atoms with van der Waals surface area (Å²) in [6.07, 6.45) is 6.31.